The molecule has 1 aliphatic rings. The molecule has 0 aromatic heterocycles. The summed E-state index contributed by atoms with van der Waals surface area (Å²) in [4.78, 5) is 0. The van der Waals surface area contributed by atoms with Crippen molar-refractivity contribution in [2.75, 3.05) is 39.7 Å². The van der Waals surface area contributed by atoms with E-state index in [1.165, 1.54) is 4.31 Å². The van der Waals surface area contributed by atoms with Gasteiger partial charge < -0.3 is 14.6 Å². The number of nitrogens with zero attached hydrogens (tertiary/aromatic N) is 1. The molecule has 1 aliphatic heterocycles. The van der Waals surface area contributed by atoms with Gasteiger partial charge in [0.25, 0.3) is 0 Å². The van der Waals surface area contributed by atoms with Crippen LogP contribution in [0.4, 0.5) is 0 Å². The van der Waals surface area contributed by atoms with E-state index in [9.17, 15) is 8.42 Å². The molecule has 1 N–H and O–H groups in total. The van der Waals surface area contributed by atoms with E-state index in [1.54, 1.807) is 14.2 Å². The highest BCUT2D eigenvalue weighted by molar-refractivity contribution is 7.89. The molecule has 0 amide bonds. The Morgan fingerprint density at radius 1 is 1.25 bits per heavy atom. The largest absolute Gasteiger partial charge is 0.396 e. The lowest BCUT2D eigenvalue weighted by molar-refractivity contribution is -0.00461. The zero-order valence-corrected chi connectivity index (χ0v) is 10.4. The van der Waals surface area contributed by atoms with Crippen LogP contribution in [0.2, 0.25) is 0 Å². The maximum Gasteiger partial charge on any atom is 0.214 e. The minimum absolute atomic E-state index is 0.0314. The molecule has 0 aromatic carbocycles. The van der Waals surface area contributed by atoms with Crippen molar-refractivity contribution in [3.63, 3.8) is 0 Å². The summed E-state index contributed by atoms with van der Waals surface area (Å²) in [5.74, 6) is -0.0314. The molecular formula is C9H19NO5S. The molecule has 0 aromatic rings. The normalized spacial score (nSPS) is 27.4. The van der Waals surface area contributed by atoms with E-state index in [4.69, 9.17) is 14.6 Å². The summed E-state index contributed by atoms with van der Waals surface area (Å²) in [7, 11) is -0.210. The summed E-state index contributed by atoms with van der Waals surface area (Å²) < 4.78 is 35.3. The standard InChI is InChI=1S/C9H19NO5S/c1-14-8-6-10(7-9(8)15-2)16(12,13)5-3-4-11/h8-9,11H,3-7H2,1-2H3. The van der Waals surface area contributed by atoms with Gasteiger partial charge in [-0.2, -0.15) is 4.31 Å². The third kappa shape index (κ3) is 3.14. The van der Waals surface area contributed by atoms with Crippen LogP contribution in [-0.4, -0.2) is 69.7 Å². The Kier molecular flexibility index (Phi) is 5.13. The molecule has 1 fully saturated rings. The van der Waals surface area contributed by atoms with Gasteiger partial charge in [0.2, 0.25) is 10.0 Å². The number of hydrogen-bond acceptors (Lipinski definition) is 5. The van der Waals surface area contributed by atoms with Crippen molar-refractivity contribution < 1.29 is 23.0 Å². The predicted octanol–water partition coefficient (Wildman–Crippen LogP) is -0.956. The van der Waals surface area contributed by atoms with Crippen LogP contribution >= 0.6 is 0 Å². The molecule has 0 spiro atoms. The van der Waals surface area contributed by atoms with Gasteiger partial charge in [-0.3, -0.25) is 0 Å². The second-order valence-electron chi connectivity index (χ2n) is 3.76. The first kappa shape index (κ1) is 13.9. The van der Waals surface area contributed by atoms with Crippen molar-refractivity contribution in [2.24, 2.45) is 0 Å². The third-order valence-electron chi connectivity index (χ3n) is 2.74. The van der Waals surface area contributed by atoms with Gasteiger partial charge in [-0.25, -0.2) is 8.42 Å². The molecular weight excluding hydrogens is 234 g/mol. The van der Waals surface area contributed by atoms with Crippen LogP contribution in [0.25, 0.3) is 0 Å². The summed E-state index contributed by atoms with van der Waals surface area (Å²) >= 11 is 0. The number of ether oxygens (including phenoxy) is 2. The lowest BCUT2D eigenvalue weighted by Crippen LogP contribution is -2.32. The second kappa shape index (κ2) is 5.92. The van der Waals surface area contributed by atoms with Gasteiger partial charge >= 0.3 is 0 Å². The van der Waals surface area contributed by atoms with E-state index in [2.05, 4.69) is 0 Å². The summed E-state index contributed by atoms with van der Waals surface area (Å²) in [6.07, 6.45) is -0.170. The first-order valence-corrected chi connectivity index (χ1v) is 6.80. The minimum Gasteiger partial charge on any atom is -0.396 e. The zero-order chi connectivity index (χ0) is 12.2. The second-order valence-corrected chi connectivity index (χ2v) is 5.85. The molecule has 7 heteroatoms. The molecule has 0 aliphatic carbocycles. The monoisotopic (exact) mass is 253 g/mol. The molecule has 1 rings (SSSR count). The van der Waals surface area contributed by atoms with E-state index in [1.807, 2.05) is 0 Å². The Hall–Kier alpha value is -0.210. The lowest BCUT2D eigenvalue weighted by Gasteiger charge is -2.15. The smallest absolute Gasteiger partial charge is 0.214 e. The Bertz CT molecular complexity index is 293. The van der Waals surface area contributed by atoms with E-state index in [0.717, 1.165) is 0 Å². The topological polar surface area (TPSA) is 76.1 Å². The lowest BCUT2D eigenvalue weighted by atomic mass is 10.3. The van der Waals surface area contributed by atoms with Crippen molar-refractivity contribution in [3.8, 4) is 0 Å². The minimum atomic E-state index is -3.29. The van der Waals surface area contributed by atoms with Crippen LogP contribution in [0.1, 0.15) is 6.42 Å². The fourth-order valence-electron chi connectivity index (χ4n) is 1.77. The number of aliphatic hydroxyl groups is 1. The number of hydrogen-bond donors (Lipinski definition) is 1. The zero-order valence-electron chi connectivity index (χ0n) is 9.63. The third-order valence-corrected chi connectivity index (χ3v) is 4.63. The summed E-state index contributed by atoms with van der Waals surface area (Å²) in [5, 5.41) is 8.64. The van der Waals surface area contributed by atoms with E-state index < -0.39 is 10.0 Å². The van der Waals surface area contributed by atoms with Crippen LogP contribution in [0.3, 0.4) is 0 Å². The van der Waals surface area contributed by atoms with Gasteiger partial charge in [0.15, 0.2) is 0 Å². The molecule has 2 atom stereocenters. The van der Waals surface area contributed by atoms with Gasteiger partial charge in [0.1, 0.15) is 0 Å². The molecule has 0 radical (unpaired) electrons. The molecule has 96 valence electrons. The summed E-state index contributed by atoms with van der Waals surface area (Å²) in [6, 6.07) is 0. The fraction of sp³-hybridized carbons (Fsp3) is 1.00. The van der Waals surface area contributed by atoms with Crippen LogP contribution < -0.4 is 0 Å². The van der Waals surface area contributed by atoms with Gasteiger partial charge in [-0.05, 0) is 6.42 Å². The van der Waals surface area contributed by atoms with Crippen molar-refractivity contribution in [1.82, 2.24) is 4.31 Å². The predicted molar refractivity (Wildman–Crippen MR) is 58.7 cm³/mol. The quantitative estimate of drug-likeness (QED) is 0.660. The van der Waals surface area contributed by atoms with Gasteiger partial charge in [-0.1, -0.05) is 0 Å². The Labute approximate surface area is 96.2 Å². The van der Waals surface area contributed by atoms with Crippen LogP contribution in [0.15, 0.2) is 0 Å². The number of sulfonamides is 1. The van der Waals surface area contributed by atoms with Crippen LogP contribution in [0.5, 0.6) is 0 Å². The highest BCUT2D eigenvalue weighted by Gasteiger charge is 2.38. The summed E-state index contributed by atoms with van der Waals surface area (Å²) in [6.45, 7) is 0.528. The molecule has 1 saturated heterocycles. The SMILES string of the molecule is COC1CN(S(=O)(=O)CCCO)CC1OC. The van der Waals surface area contributed by atoms with E-state index in [0.29, 0.717) is 13.1 Å². The maximum absolute atomic E-state index is 11.8. The Morgan fingerprint density at radius 3 is 2.12 bits per heavy atom. The van der Waals surface area contributed by atoms with Crippen molar-refractivity contribution in [3.05, 3.63) is 0 Å². The maximum atomic E-state index is 11.8. The van der Waals surface area contributed by atoms with Gasteiger partial charge in [-0.15, -0.1) is 0 Å². The molecule has 2 unspecified atom stereocenters. The van der Waals surface area contributed by atoms with E-state index >= 15 is 0 Å². The van der Waals surface area contributed by atoms with Gasteiger partial charge in [0.05, 0.1) is 18.0 Å². The molecule has 0 bridgehead atoms. The first-order valence-electron chi connectivity index (χ1n) is 5.19. The Morgan fingerprint density at radius 2 is 1.75 bits per heavy atom. The van der Waals surface area contributed by atoms with Crippen molar-refractivity contribution >= 4 is 10.0 Å². The number of aliphatic hydroxyl groups excluding tert-OH is 1. The molecule has 0 saturated carbocycles. The first-order chi connectivity index (χ1) is 7.55. The number of rotatable bonds is 6. The average molecular weight is 253 g/mol. The van der Waals surface area contributed by atoms with Crippen molar-refractivity contribution in [2.45, 2.75) is 18.6 Å². The van der Waals surface area contributed by atoms with Gasteiger partial charge in [0, 0.05) is 33.9 Å². The van der Waals surface area contributed by atoms with Crippen LogP contribution in [-0.2, 0) is 19.5 Å². The Balaban J connectivity index is 2.63. The number of methoxy groups -OCH3 is 2. The van der Waals surface area contributed by atoms with E-state index in [-0.39, 0.29) is 31.0 Å². The fourth-order valence-corrected chi connectivity index (χ4v) is 3.27. The highest BCUT2D eigenvalue weighted by Crippen LogP contribution is 2.19. The average Bonchev–Trinajstić information content (AvgIpc) is 2.70. The highest BCUT2D eigenvalue weighted by atomic mass is 32.2. The molecule has 1 heterocycles. The van der Waals surface area contributed by atoms with Crippen molar-refractivity contribution in [1.29, 1.82) is 0 Å². The molecule has 16 heavy (non-hydrogen) atoms. The van der Waals surface area contributed by atoms with Crippen LogP contribution in [0, 0.1) is 0 Å². The molecule has 6 nitrogen and oxygen atoms in total. The summed E-state index contributed by atoms with van der Waals surface area (Å²) in [5.41, 5.74) is 0.